The van der Waals surface area contributed by atoms with E-state index in [1.807, 2.05) is 20.0 Å². The molecular formula is C12H12BrFN2S. The van der Waals surface area contributed by atoms with Crippen LogP contribution in [-0.4, -0.2) is 4.98 Å². The molecule has 1 atom stereocenters. The molecule has 0 amide bonds. The number of nitrogens with zero attached hydrogens (tertiary/aromatic N) is 1. The van der Waals surface area contributed by atoms with Crippen molar-refractivity contribution < 1.29 is 4.39 Å². The molecule has 2 rings (SSSR count). The van der Waals surface area contributed by atoms with Crippen molar-refractivity contribution in [3.05, 3.63) is 44.6 Å². The second-order valence-electron chi connectivity index (χ2n) is 3.85. The summed E-state index contributed by atoms with van der Waals surface area (Å²) in [6.45, 7) is 3.98. The zero-order valence-electron chi connectivity index (χ0n) is 9.50. The van der Waals surface area contributed by atoms with E-state index in [4.69, 9.17) is 0 Å². The summed E-state index contributed by atoms with van der Waals surface area (Å²) in [7, 11) is 0. The van der Waals surface area contributed by atoms with Crippen LogP contribution < -0.4 is 5.32 Å². The van der Waals surface area contributed by atoms with E-state index in [1.165, 1.54) is 6.07 Å². The van der Waals surface area contributed by atoms with Crippen molar-refractivity contribution in [2.45, 2.75) is 19.9 Å². The van der Waals surface area contributed by atoms with Crippen LogP contribution in [-0.2, 0) is 0 Å². The van der Waals surface area contributed by atoms with Crippen molar-refractivity contribution in [1.82, 2.24) is 4.98 Å². The molecule has 0 bridgehead atoms. The van der Waals surface area contributed by atoms with E-state index in [9.17, 15) is 4.39 Å². The number of benzene rings is 1. The van der Waals surface area contributed by atoms with E-state index in [0.717, 1.165) is 16.1 Å². The molecule has 0 aliphatic rings. The summed E-state index contributed by atoms with van der Waals surface area (Å²) in [5.41, 5.74) is 3.61. The van der Waals surface area contributed by atoms with Gasteiger partial charge in [0.2, 0.25) is 0 Å². The summed E-state index contributed by atoms with van der Waals surface area (Å²) in [6, 6.07) is 3.41. The van der Waals surface area contributed by atoms with Crippen LogP contribution in [0.15, 0.2) is 28.3 Å². The monoisotopic (exact) mass is 314 g/mol. The highest BCUT2D eigenvalue weighted by molar-refractivity contribution is 9.10. The lowest BCUT2D eigenvalue weighted by Crippen LogP contribution is -2.06. The zero-order chi connectivity index (χ0) is 12.4. The topological polar surface area (TPSA) is 24.9 Å². The molecular weight excluding hydrogens is 303 g/mol. The molecule has 1 aromatic carbocycles. The van der Waals surface area contributed by atoms with Gasteiger partial charge >= 0.3 is 0 Å². The van der Waals surface area contributed by atoms with Crippen molar-refractivity contribution in [3.63, 3.8) is 0 Å². The number of aryl methyl sites for hydroxylation is 1. The SMILES string of the molecule is Cc1cc(Br)c(F)cc1NC(C)c1cncs1. The average molecular weight is 315 g/mol. The van der Waals surface area contributed by atoms with Gasteiger partial charge in [-0.2, -0.15) is 0 Å². The maximum atomic E-state index is 13.5. The van der Waals surface area contributed by atoms with Crippen LogP contribution in [0.4, 0.5) is 10.1 Å². The zero-order valence-corrected chi connectivity index (χ0v) is 11.9. The lowest BCUT2D eigenvalue weighted by molar-refractivity contribution is 0.620. The summed E-state index contributed by atoms with van der Waals surface area (Å²) in [5, 5.41) is 3.29. The molecule has 0 fully saturated rings. The van der Waals surface area contributed by atoms with Crippen molar-refractivity contribution >= 4 is 33.0 Å². The molecule has 0 spiro atoms. The maximum absolute atomic E-state index is 13.5. The Morgan fingerprint density at radius 3 is 2.88 bits per heavy atom. The number of halogens is 2. The minimum absolute atomic E-state index is 0.127. The van der Waals surface area contributed by atoms with Crippen molar-refractivity contribution in [2.75, 3.05) is 5.32 Å². The van der Waals surface area contributed by atoms with Crippen molar-refractivity contribution in [1.29, 1.82) is 0 Å². The number of nitrogens with one attached hydrogen (secondary N) is 1. The maximum Gasteiger partial charge on any atom is 0.139 e. The Kier molecular flexibility index (Phi) is 3.79. The Bertz CT molecular complexity index is 513. The fourth-order valence-electron chi connectivity index (χ4n) is 1.55. The van der Waals surface area contributed by atoms with Crippen molar-refractivity contribution in [2.24, 2.45) is 0 Å². The molecule has 1 N–H and O–H groups in total. The normalized spacial score (nSPS) is 12.5. The second-order valence-corrected chi connectivity index (χ2v) is 5.62. The predicted octanol–water partition coefficient (Wildman–Crippen LogP) is 4.53. The lowest BCUT2D eigenvalue weighted by Gasteiger charge is -2.16. The molecule has 0 saturated heterocycles. The Balaban J connectivity index is 2.22. The van der Waals surface area contributed by atoms with E-state index < -0.39 is 0 Å². The second kappa shape index (κ2) is 5.14. The van der Waals surface area contributed by atoms with E-state index in [1.54, 1.807) is 22.9 Å². The minimum Gasteiger partial charge on any atom is -0.377 e. The van der Waals surface area contributed by atoms with Crippen LogP contribution in [0.25, 0.3) is 0 Å². The quantitative estimate of drug-likeness (QED) is 0.900. The molecule has 0 aliphatic carbocycles. The van der Waals surface area contributed by atoms with Gasteiger partial charge in [-0.3, -0.25) is 4.98 Å². The molecule has 0 radical (unpaired) electrons. The van der Waals surface area contributed by atoms with Crippen molar-refractivity contribution in [3.8, 4) is 0 Å². The van der Waals surface area contributed by atoms with Gasteiger partial charge in [0.25, 0.3) is 0 Å². The highest BCUT2D eigenvalue weighted by Gasteiger charge is 2.10. The summed E-state index contributed by atoms with van der Waals surface area (Å²) in [5.74, 6) is -0.255. The molecule has 1 unspecified atom stereocenters. The van der Waals surface area contributed by atoms with E-state index in [0.29, 0.717) is 4.47 Å². The van der Waals surface area contributed by atoms with Gasteiger partial charge in [0.1, 0.15) is 5.82 Å². The van der Waals surface area contributed by atoms with Crippen LogP contribution in [0.2, 0.25) is 0 Å². The van der Waals surface area contributed by atoms with Gasteiger partial charge in [0.15, 0.2) is 0 Å². The van der Waals surface area contributed by atoms with Crippen LogP contribution in [0, 0.1) is 12.7 Å². The largest absolute Gasteiger partial charge is 0.377 e. The van der Waals surface area contributed by atoms with Gasteiger partial charge in [0.05, 0.1) is 16.0 Å². The summed E-state index contributed by atoms with van der Waals surface area (Å²) < 4.78 is 13.9. The fraction of sp³-hybridized carbons (Fsp3) is 0.250. The first-order valence-electron chi connectivity index (χ1n) is 5.18. The van der Waals surface area contributed by atoms with Gasteiger partial charge in [-0.15, -0.1) is 11.3 Å². The highest BCUT2D eigenvalue weighted by atomic mass is 79.9. The van der Waals surface area contributed by atoms with Gasteiger partial charge in [-0.1, -0.05) is 0 Å². The number of hydrogen-bond acceptors (Lipinski definition) is 3. The number of thiazole rings is 1. The summed E-state index contributed by atoms with van der Waals surface area (Å²) in [4.78, 5) is 5.17. The third-order valence-corrected chi connectivity index (χ3v) is 4.08. The number of anilines is 1. The van der Waals surface area contributed by atoms with Gasteiger partial charge < -0.3 is 5.32 Å². The molecule has 90 valence electrons. The van der Waals surface area contributed by atoms with Crippen LogP contribution in [0.1, 0.15) is 23.4 Å². The number of aromatic nitrogens is 1. The molecule has 17 heavy (non-hydrogen) atoms. The molecule has 5 heteroatoms. The Hall–Kier alpha value is -0.940. The fourth-order valence-corrected chi connectivity index (χ4v) is 2.63. The number of hydrogen-bond donors (Lipinski definition) is 1. The average Bonchev–Trinajstić information content (AvgIpc) is 2.79. The van der Waals surface area contributed by atoms with E-state index in [2.05, 4.69) is 26.2 Å². The molecule has 2 nitrogen and oxygen atoms in total. The van der Waals surface area contributed by atoms with E-state index in [-0.39, 0.29) is 11.9 Å². The smallest absolute Gasteiger partial charge is 0.139 e. The number of rotatable bonds is 3. The van der Waals surface area contributed by atoms with Gasteiger partial charge in [0, 0.05) is 16.8 Å². The Labute approximate surface area is 112 Å². The van der Waals surface area contributed by atoms with Crippen LogP contribution in [0.3, 0.4) is 0 Å². The Morgan fingerprint density at radius 2 is 2.24 bits per heavy atom. The first kappa shape index (κ1) is 12.5. The Morgan fingerprint density at radius 1 is 1.47 bits per heavy atom. The first-order valence-corrected chi connectivity index (χ1v) is 6.85. The predicted molar refractivity (Wildman–Crippen MR) is 73.0 cm³/mol. The molecule has 1 heterocycles. The third kappa shape index (κ3) is 2.84. The lowest BCUT2D eigenvalue weighted by atomic mass is 10.1. The van der Waals surface area contributed by atoms with Gasteiger partial charge in [-0.05, 0) is 47.5 Å². The third-order valence-electron chi connectivity index (χ3n) is 2.52. The van der Waals surface area contributed by atoms with E-state index >= 15 is 0 Å². The molecule has 2 aromatic rings. The summed E-state index contributed by atoms with van der Waals surface area (Å²) in [6.07, 6.45) is 1.83. The highest BCUT2D eigenvalue weighted by Crippen LogP contribution is 2.28. The molecule has 1 aromatic heterocycles. The van der Waals surface area contributed by atoms with Gasteiger partial charge in [-0.25, -0.2) is 4.39 Å². The van der Waals surface area contributed by atoms with Crippen LogP contribution >= 0.6 is 27.3 Å². The molecule has 0 saturated carbocycles. The summed E-state index contributed by atoms with van der Waals surface area (Å²) >= 11 is 4.76. The minimum atomic E-state index is -0.255. The molecule has 0 aliphatic heterocycles. The standard InChI is InChI=1S/C12H12BrFN2S/c1-7-3-9(13)10(14)4-11(7)16-8(2)12-5-15-6-17-12/h3-6,8,16H,1-2H3. The first-order chi connectivity index (χ1) is 8.08. The van der Waals surface area contributed by atoms with Crippen LogP contribution in [0.5, 0.6) is 0 Å².